The second kappa shape index (κ2) is 10.6. The molecule has 29 heavy (non-hydrogen) atoms. The number of hydrogen-bond donors (Lipinski definition) is 3. The van der Waals surface area contributed by atoms with E-state index in [1.54, 1.807) is 32.9 Å². The first kappa shape index (κ1) is 22.4. The van der Waals surface area contributed by atoms with Crippen LogP contribution in [0.5, 0.6) is 0 Å². The number of anilines is 1. The van der Waals surface area contributed by atoms with Gasteiger partial charge in [0.1, 0.15) is 12.1 Å². The highest BCUT2D eigenvalue weighted by molar-refractivity contribution is 6.00. The zero-order chi connectivity index (χ0) is 21.3. The van der Waals surface area contributed by atoms with Gasteiger partial charge in [-0.15, -0.1) is 0 Å². The molecule has 1 aromatic carbocycles. The van der Waals surface area contributed by atoms with E-state index in [1.807, 2.05) is 18.2 Å². The maximum Gasteiger partial charge on any atom is 0.408 e. The second-order valence-corrected chi connectivity index (χ2v) is 7.69. The van der Waals surface area contributed by atoms with Gasteiger partial charge in [0.05, 0.1) is 13.2 Å². The standard InChI is InChI=1S/C21H29N3O5/c1-21(2,3)29-20(27)23-14-19(26)22-13-16-6-4-5-7-17(16)24-18(25)12-15-8-10-28-11-9-15/h4-7,12H,8-11,13-14H2,1-3H3,(H,22,26)(H,23,27)(H,24,25). The first-order chi connectivity index (χ1) is 13.7. The molecule has 0 bridgehead atoms. The van der Waals surface area contributed by atoms with Gasteiger partial charge in [-0.3, -0.25) is 9.59 Å². The molecule has 8 nitrogen and oxygen atoms in total. The summed E-state index contributed by atoms with van der Waals surface area (Å²) in [6, 6.07) is 7.24. The Morgan fingerprint density at radius 3 is 2.48 bits per heavy atom. The van der Waals surface area contributed by atoms with Crippen LogP contribution < -0.4 is 16.0 Å². The molecule has 158 valence electrons. The molecule has 3 N–H and O–H groups in total. The fourth-order valence-electron chi connectivity index (χ4n) is 2.65. The highest BCUT2D eigenvalue weighted by Gasteiger charge is 2.16. The number of amides is 3. The summed E-state index contributed by atoms with van der Waals surface area (Å²) in [6.07, 6.45) is 2.48. The molecular formula is C21H29N3O5. The Hall–Kier alpha value is -2.87. The molecule has 8 heteroatoms. The minimum Gasteiger partial charge on any atom is -0.444 e. The van der Waals surface area contributed by atoms with Gasteiger partial charge in [-0.1, -0.05) is 23.8 Å². The molecule has 1 aromatic rings. The molecule has 1 aliphatic heterocycles. The lowest BCUT2D eigenvalue weighted by Crippen LogP contribution is -2.39. The van der Waals surface area contributed by atoms with Gasteiger partial charge in [0.2, 0.25) is 11.8 Å². The van der Waals surface area contributed by atoms with E-state index in [0.29, 0.717) is 18.9 Å². The van der Waals surface area contributed by atoms with Crippen LogP contribution in [0.4, 0.5) is 10.5 Å². The molecule has 0 spiro atoms. The predicted octanol–water partition coefficient (Wildman–Crippen LogP) is 2.50. The third-order valence-electron chi connectivity index (χ3n) is 4.01. The summed E-state index contributed by atoms with van der Waals surface area (Å²) in [4.78, 5) is 35.9. The number of benzene rings is 1. The van der Waals surface area contributed by atoms with Crippen molar-refractivity contribution >= 4 is 23.6 Å². The van der Waals surface area contributed by atoms with Crippen molar-refractivity contribution in [1.82, 2.24) is 10.6 Å². The number of ether oxygens (including phenoxy) is 2. The maximum atomic E-state index is 12.3. The van der Waals surface area contributed by atoms with E-state index in [1.165, 1.54) is 0 Å². The minimum absolute atomic E-state index is 0.197. The number of carbonyl (C=O) groups excluding carboxylic acids is 3. The van der Waals surface area contributed by atoms with Crippen molar-refractivity contribution in [3.8, 4) is 0 Å². The van der Waals surface area contributed by atoms with Crippen LogP contribution in [-0.4, -0.2) is 43.3 Å². The van der Waals surface area contributed by atoms with Crippen LogP contribution in [0.2, 0.25) is 0 Å². The third-order valence-corrected chi connectivity index (χ3v) is 4.01. The van der Waals surface area contributed by atoms with Crippen molar-refractivity contribution in [3.63, 3.8) is 0 Å². The highest BCUT2D eigenvalue weighted by atomic mass is 16.6. The van der Waals surface area contributed by atoms with Crippen LogP contribution in [-0.2, 0) is 25.6 Å². The van der Waals surface area contributed by atoms with Crippen molar-refractivity contribution < 1.29 is 23.9 Å². The van der Waals surface area contributed by atoms with Crippen LogP contribution in [0.3, 0.4) is 0 Å². The number of nitrogens with one attached hydrogen (secondary N) is 3. The molecule has 1 fully saturated rings. The predicted molar refractivity (Wildman–Crippen MR) is 109 cm³/mol. The van der Waals surface area contributed by atoms with E-state index in [-0.39, 0.29) is 24.9 Å². The highest BCUT2D eigenvalue weighted by Crippen LogP contribution is 2.17. The summed E-state index contributed by atoms with van der Waals surface area (Å²) < 4.78 is 10.4. The van der Waals surface area contributed by atoms with Gasteiger partial charge < -0.3 is 25.4 Å². The Morgan fingerprint density at radius 2 is 1.79 bits per heavy atom. The lowest BCUT2D eigenvalue weighted by molar-refractivity contribution is -0.120. The molecular weight excluding hydrogens is 374 g/mol. The Balaban J connectivity index is 1.84. The molecule has 1 saturated heterocycles. The lowest BCUT2D eigenvalue weighted by atomic mass is 10.1. The summed E-state index contributed by atoms with van der Waals surface area (Å²) in [7, 11) is 0. The van der Waals surface area contributed by atoms with Crippen LogP contribution in [0.25, 0.3) is 0 Å². The summed E-state index contributed by atoms with van der Waals surface area (Å²) in [5, 5.41) is 7.99. The van der Waals surface area contributed by atoms with Crippen molar-refractivity contribution in [2.24, 2.45) is 0 Å². The van der Waals surface area contributed by atoms with Crippen LogP contribution >= 0.6 is 0 Å². The van der Waals surface area contributed by atoms with Gasteiger partial charge in [-0.05, 0) is 45.2 Å². The molecule has 0 unspecified atom stereocenters. The average Bonchev–Trinajstić information content (AvgIpc) is 2.65. The van der Waals surface area contributed by atoms with E-state index in [4.69, 9.17) is 9.47 Å². The number of alkyl carbamates (subject to hydrolysis) is 1. The summed E-state index contributed by atoms with van der Waals surface area (Å²) in [5.41, 5.74) is 1.82. The smallest absolute Gasteiger partial charge is 0.408 e. The molecule has 3 amide bonds. The fraction of sp³-hybridized carbons (Fsp3) is 0.476. The van der Waals surface area contributed by atoms with Crippen molar-refractivity contribution in [3.05, 3.63) is 41.5 Å². The summed E-state index contributed by atoms with van der Waals surface area (Å²) >= 11 is 0. The Labute approximate surface area is 171 Å². The van der Waals surface area contributed by atoms with Crippen LogP contribution in [0, 0.1) is 0 Å². The lowest BCUT2D eigenvalue weighted by Gasteiger charge is -2.19. The van der Waals surface area contributed by atoms with Gasteiger partial charge in [0.15, 0.2) is 0 Å². The average molecular weight is 403 g/mol. The first-order valence-electron chi connectivity index (χ1n) is 9.62. The number of rotatable bonds is 6. The van der Waals surface area contributed by atoms with E-state index in [2.05, 4.69) is 16.0 Å². The zero-order valence-electron chi connectivity index (χ0n) is 17.2. The largest absolute Gasteiger partial charge is 0.444 e. The number of hydrogen-bond acceptors (Lipinski definition) is 5. The number of para-hydroxylation sites is 1. The molecule has 0 radical (unpaired) electrons. The topological polar surface area (TPSA) is 106 Å². The van der Waals surface area contributed by atoms with Crippen LogP contribution in [0.15, 0.2) is 35.9 Å². The van der Waals surface area contributed by atoms with Gasteiger partial charge in [-0.2, -0.15) is 0 Å². The molecule has 1 aliphatic rings. The molecule has 0 aromatic heterocycles. The monoisotopic (exact) mass is 403 g/mol. The Kier molecular flexibility index (Phi) is 8.21. The van der Waals surface area contributed by atoms with E-state index >= 15 is 0 Å². The van der Waals surface area contributed by atoms with E-state index in [0.717, 1.165) is 24.0 Å². The molecule has 0 saturated carbocycles. The quantitative estimate of drug-likeness (QED) is 0.633. The van der Waals surface area contributed by atoms with Gasteiger partial charge in [0, 0.05) is 18.3 Å². The fourth-order valence-corrected chi connectivity index (χ4v) is 2.65. The third kappa shape index (κ3) is 8.78. The first-order valence-corrected chi connectivity index (χ1v) is 9.62. The maximum absolute atomic E-state index is 12.3. The Morgan fingerprint density at radius 1 is 1.10 bits per heavy atom. The molecule has 0 atom stereocenters. The summed E-state index contributed by atoms with van der Waals surface area (Å²) in [5.74, 6) is -0.561. The van der Waals surface area contributed by atoms with Gasteiger partial charge in [-0.25, -0.2) is 4.79 Å². The minimum atomic E-state index is -0.651. The SMILES string of the molecule is CC(C)(C)OC(=O)NCC(=O)NCc1ccccc1NC(=O)C=C1CCOCC1. The van der Waals surface area contributed by atoms with Crippen molar-refractivity contribution in [2.45, 2.75) is 45.8 Å². The number of carbonyl (C=O) groups is 3. The van der Waals surface area contributed by atoms with Crippen LogP contribution in [0.1, 0.15) is 39.2 Å². The zero-order valence-corrected chi connectivity index (χ0v) is 17.2. The van der Waals surface area contributed by atoms with Crippen molar-refractivity contribution in [2.75, 3.05) is 25.1 Å². The molecule has 1 heterocycles. The molecule has 0 aliphatic carbocycles. The summed E-state index contributed by atoms with van der Waals surface area (Å²) in [6.45, 7) is 6.53. The van der Waals surface area contributed by atoms with E-state index in [9.17, 15) is 14.4 Å². The second-order valence-electron chi connectivity index (χ2n) is 7.69. The van der Waals surface area contributed by atoms with Gasteiger partial charge >= 0.3 is 6.09 Å². The molecule has 2 rings (SSSR count). The normalized spacial score (nSPS) is 14.0. The van der Waals surface area contributed by atoms with E-state index < -0.39 is 11.7 Å². The Bertz CT molecular complexity index is 760. The van der Waals surface area contributed by atoms with Gasteiger partial charge in [0.25, 0.3) is 0 Å². The van der Waals surface area contributed by atoms with Crippen molar-refractivity contribution in [1.29, 1.82) is 0 Å².